The molecule has 0 aromatic heterocycles. The van der Waals surface area contributed by atoms with E-state index in [1.54, 1.807) is 0 Å². The standard InChI is InChI=1S/C14H31N3O/c1-4-16(5-2)9-7-10-17(6-3)14(12-15)8-11-18-13-14/h4-13,15H2,1-3H3. The van der Waals surface area contributed by atoms with Crippen LogP contribution in [0.1, 0.15) is 33.6 Å². The average molecular weight is 257 g/mol. The van der Waals surface area contributed by atoms with Crippen LogP contribution in [-0.2, 0) is 4.74 Å². The SMILES string of the molecule is CCN(CC)CCCN(CC)C1(CN)CCOC1. The third-order valence-electron chi connectivity index (χ3n) is 4.31. The van der Waals surface area contributed by atoms with Crippen LogP contribution in [0.2, 0.25) is 0 Å². The molecule has 0 spiro atoms. The van der Waals surface area contributed by atoms with E-state index in [9.17, 15) is 0 Å². The molecule has 0 aliphatic carbocycles. The average Bonchev–Trinajstić information content (AvgIpc) is 2.89. The zero-order valence-electron chi connectivity index (χ0n) is 12.5. The van der Waals surface area contributed by atoms with Crippen molar-refractivity contribution in [2.24, 2.45) is 5.73 Å². The summed E-state index contributed by atoms with van der Waals surface area (Å²) in [5, 5.41) is 0. The lowest BCUT2D eigenvalue weighted by Crippen LogP contribution is -2.55. The molecule has 0 bridgehead atoms. The number of likely N-dealkylation sites (N-methyl/N-ethyl adjacent to an activating group) is 1. The number of hydrogen-bond acceptors (Lipinski definition) is 4. The van der Waals surface area contributed by atoms with Crippen LogP contribution in [0.3, 0.4) is 0 Å². The van der Waals surface area contributed by atoms with Crippen LogP contribution in [0.4, 0.5) is 0 Å². The van der Waals surface area contributed by atoms with Gasteiger partial charge < -0.3 is 15.4 Å². The molecule has 1 atom stereocenters. The van der Waals surface area contributed by atoms with E-state index in [0.717, 1.165) is 45.8 Å². The first-order valence-electron chi connectivity index (χ1n) is 7.47. The molecule has 0 saturated carbocycles. The van der Waals surface area contributed by atoms with E-state index < -0.39 is 0 Å². The highest BCUT2D eigenvalue weighted by Gasteiger charge is 2.38. The van der Waals surface area contributed by atoms with E-state index in [1.807, 2.05) is 0 Å². The summed E-state index contributed by atoms with van der Waals surface area (Å²) >= 11 is 0. The van der Waals surface area contributed by atoms with Crippen molar-refractivity contribution in [3.63, 3.8) is 0 Å². The Balaban J connectivity index is 2.41. The second-order valence-electron chi connectivity index (χ2n) is 5.19. The van der Waals surface area contributed by atoms with Crippen molar-refractivity contribution >= 4 is 0 Å². The van der Waals surface area contributed by atoms with E-state index in [-0.39, 0.29) is 5.54 Å². The van der Waals surface area contributed by atoms with Gasteiger partial charge in [-0.2, -0.15) is 0 Å². The lowest BCUT2D eigenvalue weighted by atomic mass is 9.96. The minimum atomic E-state index is 0.109. The first-order chi connectivity index (χ1) is 8.72. The summed E-state index contributed by atoms with van der Waals surface area (Å²) in [4.78, 5) is 5.01. The molecule has 1 unspecified atom stereocenters. The van der Waals surface area contributed by atoms with Gasteiger partial charge in [0.2, 0.25) is 0 Å². The molecule has 0 amide bonds. The van der Waals surface area contributed by atoms with Gasteiger partial charge in [0.15, 0.2) is 0 Å². The molecular formula is C14H31N3O. The maximum absolute atomic E-state index is 6.00. The minimum Gasteiger partial charge on any atom is -0.379 e. The van der Waals surface area contributed by atoms with E-state index in [4.69, 9.17) is 10.5 Å². The maximum atomic E-state index is 6.00. The Bertz CT molecular complexity index is 213. The first-order valence-corrected chi connectivity index (χ1v) is 7.47. The lowest BCUT2D eigenvalue weighted by Gasteiger charge is -2.39. The summed E-state index contributed by atoms with van der Waals surface area (Å²) in [5.74, 6) is 0. The third-order valence-corrected chi connectivity index (χ3v) is 4.31. The van der Waals surface area contributed by atoms with Crippen LogP contribution in [0.5, 0.6) is 0 Å². The van der Waals surface area contributed by atoms with Crippen molar-refractivity contribution in [3.8, 4) is 0 Å². The monoisotopic (exact) mass is 257 g/mol. The molecule has 1 aliphatic rings. The lowest BCUT2D eigenvalue weighted by molar-refractivity contribution is 0.0724. The molecule has 0 aromatic carbocycles. The number of nitrogens with two attached hydrogens (primary N) is 1. The van der Waals surface area contributed by atoms with Crippen LogP contribution in [-0.4, -0.2) is 67.8 Å². The largest absolute Gasteiger partial charge is 0.379 e. The molecule has 4 nitrogen and oxygen atoms in total. The molecule has 1 saturated heterocycles. The Morgan fingerprint density at radius 3 is 2.28 bits per heavy atom. The van der Waals surface area contributed by atoms with E-state index >= 15 is 0 Å². The van der Waals surface area contributed by atoms with Gasteiger partial charge in [-0.3, -0.25) is 4.90 Å². The summed E-state index contributed by atoms with van der Waals surface area (Å²) in [7, 11) is 0. The second kappa shape index (κ2) is 8.10. The second-order valence-corrected chi connectivity index (χ2v) is 5.19. The summed E-state index contributed by atoms with van der Waals surface area (Å²) in [6, 6.07) is 0. The maximum Gasteiger partial charge on any atom is 0.0663 e. The Morgan fingerprint density at radius 1 is 1.11 bits per heavy atom. The van der Waals surface area contributed by atoms with Crippen LogP contribution in [0, 0.1) is 0 Å². The predicted molar refractivity (Wildman–Crippen MR) is 76.9 cm³/mol. The Hall–Kier alpha value is -0.160. The zero-order valence-corrected chi connectivity index (χ0v) is 12.5. The van der Waals surface area contributed by atoms with Crippen LogP contribution >= 0.6 is 0 Å². The van der Waals surface area contributed by atoms with E-state index in [2.05, 4.69) is 30.6 Å². The van der Waals surface area contributed by atoms with Gasteiger partial charge >= 0.3 is 0 Å². The molecule has 0 aromatic rings. The quantitative estimate of drug-likeness (QED) is 0.673. The normalized spacial score (nSPS) is 24.3. The van der Waals surface area contributed by atoms with Crippen LogP contribution < -0.4 is 5.73 Å². The highest BCUT2D eigenvalue weighted by Crippen LogP contribution is 2.25. The predicted octanol–water partition coefficient (Wildman–Crippen LogP) is 1.16. The van der Waals surface area contributed by atoms with Gasteiger partial charge in [0.25, 0.3) is 0 Å². The van der Waals surface area contributed by atoms with Crippen molar-refractivity contribution < 1.29 is 4.74 Å². The van der Waals surface area contributed by atoms with Gasteiger partial charge in [0.05, 0.1) is 12.1 Å². The smallest absolute Gasteiger partial charge is 0.0663 e. The summed E-state index contributed by atoms with van der Waals surface area (Å²) in [6.45, 7) is 14.8. The molecule has 108 valence electrons. The molecule has 18 heavy (non-hydrogen) atoms. The van der Waals surface area contributed by atoms with Gasteiger partial charge in [-0.1, -0.05) is 20.8 Å². The van der Waals surface area contributed by atoms with Crippen molar-refractivity contribution in [3.05, 3.63) is 0 Å². The number of rotatable bonds is 9. The molecule has 1 heterocycles. The molecule has 4 heteroatoms. The summed E-state index contributed by atoms with van der Waals surface area (Å²) in [5.41, 5.74) is 6.11. The van der Waals surface area contributed by atoms with E-state index in [0.29, 0.717) is 6.54 Å². The van der Waals surface area contributed by atoms with Gasteiger partial charge in [0, 0.05) is 19.7 Å². The Morgan fingerprint density at radius 2 is 1.83 bits per heavy atom. The fourth-order valence-corrected chi connectivity index (χ4v) is 2.89. The van der Waals surface area contributed by atoms with E-state index in [1.165, 1.54) is 13.0 Å². The molecule has 1 rings (SSSR count). The van der Waals surface area contributed by atoms with Gasteiger partial charge in [-0.15, -0.1) is 0 Å². The topological polar surface area (TPSA) is 41.7 Å². The third kappa shape index (κ3) is 3.92. The molecular weight excluding hydrogens is 226 g/mol. The van der Waals surface area contributed by atoms with Crippen LogP contribution in [0.15, 0.2) is 0 Å². The van der Waals surface area contributed by atoms with Crippen molar-refractivity contribution in [1.29, 1.82) is 0 Å². The Labute approximate surface area is 112 Å². The van der Waals surface area contributed by atoms with Crippen molar-refractivity contribution in [1.82, 2.24) is 9.80 Å². The molecule has 1 aliphatic heterocycles. The fraction of sp³-hybridized carbons (Fsp3) is 1.00. The van der Waals surface area contributed by atoms with Crippen molar-refractivity contribution in [2.45, 2.75) is 39.2 Å². The molecule has 1 fully saturated rings. The first kappa shape index (κ1) is 15.9. The number of ether oxygens (including phenoxy) is 1. The summed E-state index contributed by atoms with van der Waals surface area (Å²) in [6.07, 6.45) is 2.31. The fourth-order valence-electron chi connectivity index (χ4n) is 2.89. The van der Waals surface area contributed by atoms with Gasteiger partial charge in [-0.05, 0) is 39.0 Å². The zero-order chi connectivity index (χ0) is 13.4. The minimum absolute atomic E-state index is 0.109. The number of hydrogen-bond donors (Lipinski definition) is 1. The Kier molecular flexibility index (Phi) is 7.15. The summed E-state index contributed by atoms with van der Waals surface area (Å²) < 4.78 is 5.57. The molecule has 2 N–H and O–H groups in total. The van der Waals surface area contributed by atoms with Crippen molar-refractivity contribution in [2.75, 3.05) is 52.5 Å². The van der Waals surface area contributed by atoms with Gasteiger partial charge in [0.1, 0.15) is 0 Å². The van der Waals surface area contributed by atoms with Crippen LogP contribution in [0.25, 0.3) is 0 Å². The molecule has 0 radical (unpaired) electrons. The van der Waals surface area contributed by atoms with Gasteiger partial charge in [-0.25, -0.2) is 0 Å². The number of nitrogens with zero attached hydrogens (tertiary/aromatic N) is 2. The highest BCUT2D eigenvalue weighted by molar-refractivity contribution is 4.94. The highest BCUT2D eigenvalue weighted by atomic mass is 16.5.